The van der Waals surface area contributed by atoms with Crippen molar-refractivity contribution >= 4 is 16.1 Å². The molecule has 0 aliphatic heterocycles. The van der Waals surface area contributed by atoms with E-state index >= 15 is 0 Å². The Morgan fingerprint density at radius 2 is 1.81 bits per heavy atom. The minimum atomic E-state index is -3.65. The maximum Gasteiger partial charge on any atom is 0.407 e. The highest BCUT2D eigenvalue weighted by atomic mass is 32.2. The van der Waals surface area contributed by atoms with E-state index in [1.165, 1.54) is 0 Å². The predicted octanol–water partition coefficient (Wildman–Crippen LogP) is 3.65. The molecule has 2 aromatic rings. The predicted molar refractivity (Wildman–Crippen MR) is 119 cm³/mol. The number of amides is 1. The highest BCUT2D eigenvalue weighted by Gasteiger charge is 2.25. The van der Waals surface area contributed by atoms with Crippen LogP contribution in [0.15, 0.2) is 33.7 Å². The lowest BCUT2D eigenvalue weighted by molar-refractivity contribution is 0.0513. The van der Waals surface area contributed by atoms with Crippen LogP contribution in [-0.2, 0) is 14.8 Å². The molecule has 1 heterocycles. The smallest absolute Gasteiger partial charge is 0.407 e. The number of alkyl carbamates (subject to hydrolysis) is 1. The van der Waals surface area contributed by atoms with Gasteiger partial charge in [0.05, 0.1) is 4.90 Å². The van der Waals surface area contributed by atoms with E-state index in [9.17, 15) is 13.2 Å². The summed E-state index contributed by atoms with van der Waals surface area (Å²) >= 11 is 0. The fourth-order valence-corrected chi connectivity index (χ4v) is 4.87. The van der Waals surface area contributed by atoms with Gasteiger partial charge in [-0.1, -0.05) is 17.3 Å². The standard InChI is InChI=1S/C22H32N4O5S/c1-15-25-20(26-31-15)18-6-5-7-19(12-18)32(28,29)24-14-17-10-8-16(9-11-17)13-23-21(27)30-22(2,3)4/h5-7,12,16-17,24H,8-11,13-14H2,1-4H3,(H,23,27). The minimum Gasteiger partial charge on any atom is -0.444 e. The molecule has 1 aliphatic rings. The van der Waals surface area contributed by atoms with Crippen LogP contribution in [-0.4, -0.2) is 43.3 Å². The lowest BCUT2D eigenvalue weighted by Crippen LogP contribution is -2.37. The van der Waals surface area contributed by atoms with Gasteiger partial charge in [-0.3, -0.25) is 0 Å². The average molecular weight is 465 g/mol. The van der Waals surface area contributed by atoms with Crippen LogP contribution in [0.2, 0.25) is 0 Å². The van der Waals surface area contributed by atoms with Gasteiger partial charge < -0.3 is 14.6 Å². The van der Waals surface area contributed by atoms with Crippen LogP contribution in [0.5, 0.6) is 0 Å². The summed E-state index contributed by atoms with van der Waals surface area (Å²) < 4.78 is 38.5. The van der Waals surface area contributed by atoms with Gasteiger partial charge >= 0.3 is 6.09 Å². The second-order valence-corrected chi connectivity index (χ2v) is 11.1. The molecular weight excluding hydrogens is 432 g/mol. The first-order chi connectivity index (χ1) is 15.0. The van der Waals surface area contributed by atoms with Crippen molar-refractivity contribution < 1.29 is 22.5 Å². The summed E-state index contributed by atoms with van der Waals surface area (Å²) in [4.78, 5) is 16.1. The summed E-state index contributed by atoms with van der Waals surface area (Å²) in [7, 11) is -3.65. The summed E-state index contributed by atoms with van der Waals surface area (Å²) in [6.07, 6.45) is 3.30. The highest BCUT2D eigenvalue weighted by Crippen LogP contribution is 2.28. The van der Waals surface area contributed by atoms with E-state index in [0.717, 1.165) is 25.7 Å². The number of nitrogens with zero attached hydrogens (tertiary/aromatic N) is 2. The number of aryl methyl sites for hydroxylation is 1. The Morgan fingerprint density at radius 1 is 1.16 bits per heavy atom. The second kappa shape index (κ2) is 9.99. The molecule has 0 radical (unpaired) electrons. The maximum absolute atomic E-state index is 12.8. The zero-order chi connectivity index (χ0) is 23.4. The van der Waals surface area contributed by atoms with Crippen molar-refractivity contribution in [1.82, 2.24) is 20.2 Å². The molecule has 0 saturated heterocycles. The van der Waals surface area contributed by atoms with E-state index in [1.54, 1.807) is 31.2 Å². The number of nitrogens with one attached hydrogen (secondary N) is 2. The molecular formula is C22H32N4O5S. The molecule has 1 aromatic carbocycles. The lowest BCUT2D eigenvalue weighted by atomic mass is 9.82. The van der Waals surface area contributed by atoms with Crippen LogP contribution in [0.3, 0.4) is 0 Å². The largest absolute Gasteiger partial charge is 0.444 e. The van der Waals surface area contributed by atoms with E-state index in [0.29, 0.717) is 36.3 Å². The van der Waals surface area contributed by atoms with Crippen LogP contribution < -0.4 is 10.0 Å². The van der Waals surface area contributed by atoms with E-state index in [-0.39, 0.29) is 10.8 Å². The Balaban J connectivity index is 1.47. The van der Waals surface area contributed by atoms with Crippen molar-refractivity contribution in [2.45, 2.75) is 63.9 Å². The molecule has 0 atom stereocenters. The molecule has 9 nitrogen and oxygen atoms in total. The van der Waals surface area contributed by atoms with Crippen molar-refractivity contribution in [2.24, 2.45) is 11.8 Å². The molecule has 1 aliphatic carbocycles. The summed E-state index contributed by atoms with van der Waals surface area (Å²) in [5.41, 5.74) is 0.0749. The minimum absolute atomic E-state index is 0.174. The molecule has 0 spiro atoms. The first-order valence-corrected chi connectivity index (χ1v) is 12.4. The number of rotatable bonds is 7. The monoisotopic (exact) mass is 464 g/mol. The first kappa shape index (κ1) is 24.2. The number of aromatic nitrogens is 2. The van der Waals surface area contributed by atoms with E-state index in [4.69, 9.17) is 9.26 Å². The molecule has 3 rings (SSSR count). The molecule has 0 bridgehead atoms. The Kier molecular flexibility index (Phi) is 7.55. The summed E-state index contributed by atoms with van der Waals surface area (Å²) in [6.45, 7) is 8.15. The van der Waals surface area contributed by atoms with Crippen molar-refractivity contribution in [3.05, 3.63) is 30.2 Å². The van der Waals surface area contributed by atoms with Crippen molar-refractivity contribution in [3.63, 3.8) is 0 Å². The summed E-state index contributed by atoms with van der Waals surface area (Å²) in [5, 5.41) is 6.68. The SMILES string of the molecule is Cc1nc(-c2cccc(S(=O)(=O)NCC3CCC(CNC(=O)OC(C)(C)C)CC3)c2)no1. The Morgan fingerprint density at radius 3 is 2.41 bits per heavy atom. The van der Waals surface area contributed by atoms with Crippen LogP contribution in [0.4, 0.5) is 4.79 Å². The number of ether oxygens (including phenoxy) is 1. The summed E-state index contributed by atoms with van der Waals surface area (Å²) in [5.74, 6) is 1.43. The van der Waals surface area contributed by atoms with Gasteiger partial charge in [-0.25, -0.2) is 17.9 Å². The molecule has 1 saturated carbocycles. The van der Waals surface area contributed by atoms with Gasteiger partial charge in [0.1, 0.15) is 5.60 Å². The molecule has 1 amide bonds. The van der Waals surface area contributed by atoms with Gasteiger partial charge in [0.2, 0.25) is 21.7 Å². The van der Waals surface area contributed by atoms with Crippen LogP contribution >= 0.6 is 0 Å². The number of carbonyl (C=O) groups is 1. The lowest BCUT2D eigenvalue weighted by Gasteiger charge is -2.29. The van der Waals surface area contributed by atoms with Crippen LogP contribution in [0.25, 0.3) is 11.4 Å². The van der Waals surface area contributed by atoms with Crippen LogP contribution in [0.1, 0.15) is 52.3 Å². The zero-order valence-electron chi connectivity index (χ0n) is 19.1. The number of hydrogen-bond acceptors (Lipinski definition) is 7. The maximum atomic E-state index is 12.8. The van der Waals surface area contributed by atoms with Crippen molar-refractivity contribution in [2.75, 3.05) is 13.1 Å². The number of hydrogen-bond donors (Lipinski definition) is 2. The van der Waals surface area contributed by atoms with Gasteiger partial charge in [-0.05, 0) is 70.4 Å². The van der Waals surface area contributed by atoms with E-state index in [1.807, 2.05) is 20.8 Å². The Labute approximate surface area is 189 Å². The summed E-state index contributed by atoms with van der Waals surface area (Å²) in [6, 6.07) is 6.51. The van der Waals surface area contributed by atoms with Gasteiger partial charge in [-0.15, -0.1) is 0 Å². The van der Waals surface area contributed by atoms with Crippen molar-refractivity contribution in [3.8, 4) is 11.4 Å². The molecule has 176 valence electrons. The molecule has 2 N–H and O–H groups in total. The Bertz CT molecular complexity index is 1020. The quantitative estimate of drug-likeness (QED) is 0.641. The molecule has 1 aromatic heterocycles. The van der Waals surface area contributed by atoms with E-state index < -0.39 is 21.7 Å². The fourth-order valence-electron chi connectivity index (χ4n) is 3.71. The Hall–Kier alpha value is -2.46. The van der Waals surface area contributed by atoms with Gasteiger partial charge in [0.25, 0.3) is 0 Å². The molecule has 32 heavy (non-hydrogen) atoms. The topological polar surface area (TPSA) is 123 Å². The average Bonchev–Trinajstić information content (AvgIpc) is 3.17. The third-order valence-electron chi connectivity index (χ3n) is 5.39. The first-order valence-electron chi connectivity index (χ1n) is 10.9. The number of sulfonamides is 1. The van der Waals surface area contributed by atoms with Crippen molar-refractivity contribution in [1.29, 1.82) is 0 Å². The second-order valence-electron chi connectivity index (χ2n) is 9.29. The van der Waals surface area contributed by atoms with Gasteiger partial charge in [-0.2, -0.15) is 4.98 Å². The fraction of sp³-hybridized carbons (Fsp3) is 0.591. The molecule has 0 unspecified atom stereocenters. The number of benzene rings is 1. The highest BCUT2D eigenvalue weighted by molar-refractivity contribution is 7.89. The number of carbonyl (C=O) groups excluding carboxylic acids is 1. The zero-order valence-corrected chi connectivity index (χ0v) is 19.9. The van der Waals surface area contributed by atoms with Gasteiger partial charge in [0.15, 0.2) is 0 Å². The molecule has 10 heteroatoms. The molecule has 1 fully saturated rings. The van der Waals surface area contributed by atoms with Gasteiger partial charge in [0, 0.05) is 25.6 Å². The van der Waals surface area contributed by atoms with Crippen LogP contribution in [0, 0.1) is 18.8 Å². The van der Waals surface area contributed by atoms with E-state index in [2.05, 4.69) is 20.2 Å². The normalized spacial score (nSPS) is 19.5. The third kappa shape index (κ3) is 7.03. The third-order valence-corrected chi connectivity index (χ3v) is 6.81.